The molecule has 24 heavy (non-hydrogen) atoms. The standard InChI is InChI=1S/C20H22N2O2/c1-15-8-6-7-11-18(15)14-19(22-16(2)23)20(24)21-13-12-17-9-4-3-5-10-17/h3-11,14H,12-13H2,1-2H3,(H,21,24)(H,22,23)/b19-14-. The highest BCUT2D eigenvalue weighted by atomic mass is 16.2. The van der Waals surface area contributed by atoms with Gasteiger partial charge in [0.05, 0.1) is 0 Å². The Balaban J connectivity index is 2.05. The average Bonchev–Trinajstić information content (AvgIpc) is 2.56. The van der Waals surface area contributed by atoms with E-state index < -0.39 is 0 Å². The first-order chi connectivity index (χ1) is 11.6. The molecule has 2 rings (SSSR count). The lowest BCUT2D eigenvalue weighted by Crippen LogP contribution is -2.34. The van der Waals surface area contributed by atoms with Gasteiger partial charge in [0.2, 0.25) is 5.91 Å². The summed E-state index contributed by atoms with van der Waals surface area (Å²) in [7, 11) is 0. The van der Waals surface area contributed by atoms with Gasteiger partial charge >= 0.3 is 0 Å². The zero-order valence-electron chi connectivity index (χ0n) is 14.0. The maximum Gasteiger partial charge on any atom is 0.267 e. The first-order valence-corrected chi connectivity index (χ1v) is 7.93. The maximum absolute atomic E-state index is 12.4. The Kier molecular flexibility index (Phi) is 6.32. The Bertz CT molecular complexity index is 736. The molecule has 2 aromatic carbocycles. The van der Waals surface area contributed by atoms with Gasteiger partial charge in [0.1, 0.15) is 5.70 Å². The van der Waals surface area contributed by atoms with Gasteiger partial charge in [0.25, 0.3) is 5.91 Å². The van der Waals surface area contributed by atoms with Crippen molar-refractivity contribution in [1.82, 2.24) is 10.6 Å². The van der Waals surface area contributed by atoms with E-state index in [2.05, 4.69) is 10.6 Å². The summed E-state index contributed by atoms with van der Waals surface area (Å²) < 4.78 is 0. The van der Waals surface area contributed by atoms with Crippen LogP contribution in [0.15, 0.2) is 60.3 Å². The van der Waals surface area contributed by atoms with E-state index in [4.69, 9.17) is 0 Å². The van der Waals surface area contributed by atoms with Crippen molar-refractivity contribution < 1.29 is 9.59 Å². The molecule has 0 atom stereocenters. The summed E-state index contributed by atoms with van der Waals surface area (Å²) in [4.78, 5) is 23.8. The SMILES string of the molecule is CC(=O)N/C(=C\c1ccccc1C)C(=O)NCCc1ccccc1. The Labute approximate surface area is 142 Å². The van der Waals surface area contributed by atoms with Crippen molar-refractivity contribution in [1.29, 1.82) is 0 Å². The first kappa shape index (κ1) is 17.5. The molecule has 2 amide bonds. The molecular formula is C20H22N2O2. The van der Waals surface area contributed by atoms with Crippen LogP contribution in [0.5, 0.6) is 0 Å². The lowest BCUT2D eigenvalue weighted by atomic mass is 10.1. The van der Waals surface area contributed by atoms with Gasteiger partial charge < -0.3 is 10.6 Å². The quantitative estimate of drug-likeness (QED) is 0.804. The molecule has 0 fully saturated rings. The van der Waals surface area contributed by atoms with E-state index in [9.17, 15) is 9.59 Å². The number of hydrogen-bond donors (Lipinski definition) is 2. The van der Waals surface area contributed by atoms with Gasteiger partial charge in [-0.3, -0.25) is 9.59 Å². The van der Waals surface area contributed by atoms with Crippen molar-refractivity contribution in [3.8, 4) is 0 Å². The lowest BCUT2D eigenvalue weighted by molar-refractivity contribution is -0.122. The van der Waals surface area contributed by atoms with Crippen LogP contribution in [0.4, 0.5) is 0 Å². The second kappa shape index (κ2) is 8.67. The van der Waals surface area contributed by atoms with Crippen LogP contribution in [0, 0.1) is 6.92 Å². The van der Waals surface area contributed by atoms with Crippen molar-refractivity contribution in [3.05, 3.63) is 77.0 Å². The molecule has 0 radical (unpaired) electrons. The van der Waals surface area contributed by atoms with Crippen molar-refractivity contribution in [3.63, 3.8) is 0 Å². The molecule has 0 saturated heterocycles. The molecule has 0 bridgehead atoms. The highest BCUT2D eigenvalue weighted by molar-refractivity contribution is 6.01. The summed E-state index contributed by atoms with van der Waals surface area (Å²) in [6.07, 6.45) is 2.44. The summed E-state index contributed by atoms with van der Waals surface area (Å²) >= 11 is 0. The van der Waals surface area contributed by atoms with Crippen molar-refractivity contribution in [2.24, 2.45) is 0 Å². The normalized spacial score (nSPS) is 11.0. The van der Waals surface area contributed by atoms with Gasteiger partial charge in [0.15, 0.2) is 0 Å². The second-order valence-corrected chi connectivity index (χ2v) is 5.59. The Morgan fingerprint density at radius 3 is 2.33 bits per heavy atom. The van der Waals surface area contributed by atoms with Gasteiger partial charge in [-0.2, -0.15) is 0 Å². The zero-order chi connectivity index (χ0) is 17.4. The molecule has 4 heteroatoms. The summed E-state index contributed by atoms with van der Waals surface area (Å²) in [6, 6.07) is 17.6. The van der Waals surface area contributed by atoms with Crippen LogP contribution in [-0.4, -0.2) is 18.4 Å². The number of rotatable bonds is 6. The molecule has 0 heterocycles. The van der Waals surface area contributed by atoms with E-state index in [1.807, 2.05) is 61.5 Å². The highest BCUT2D eigenvalue weighted by Crippen LogP contribution is 2.11. The van der Waals surface area contributed by atoms with E-state index in [-0.39, 0.29) is 17.5 Å². The van der Waals surface area contributed by atoms with Gasteiger partial charge in [-0.1, -0.05) is 54.6 Å². The van der Waals surface area contributed by atoms with E-state index in [1.165, 1.54) is 6.92 Å². The summed E-state index contributed by atoms with van der Waals surface area (Å²) in [5.74, 6) is -0.558. The van der Waals surface area contributed by atoms with Crippen LogP contribution in [0.25, 0.3) is 6.08 Å². The predicted octanol–water partition coefficient (Wildman–Crippen LogP) is 2.83. The predicted molar refractivity (Wildman–Crippen MR) is 96.1 cm³/mol. The Morgan fingerprint density at radius 2 is 1.67 bits per heavy atom. The van der Waals surface area contributed by atoms with Crippen LogP contribution in [0.2, 0.25) is 0 Å². The number of carbonyl (C=O) groups excluding carboxylic acids is 2. The second-order valence-electron chi connectivity index (χ2n) is 5.59. The minimum Gasteiger partial charge on any atom is -0.350 e. The molecule has 0 spiro atoms. The third-order valence-corrected chi connectivity index (χ3v) is 3.59. The topological polar surface area (TPSA) is 58.2 Å². The van der Waals surface area contributed by atoms with Crippen molar-refractivity contribution >= 4 is 17.9 Å². The molecule has 0 saturated carbocycles. The highest BCUT2D eigenvalue weighted by Gasteiger charge is 2.11. The van der Waals surface area contributed by atoms with E-state index in [1.54, 1.807) is 6.08 Å². The number of hydrogen-bond acceptors (Lipinski definition) is 2. The minimum atomic E-state index is -0.288. The maximum atomic E-state index is 12.4. The number of nitrogens with one attached hydrogen (secondary N) is 2. The molecule has 2 aromatic rings. The Morgan fingerprint density at radius 1 is 1.00 bits per heavy atom. The number of amides is 2. The largest absolute Gasteiger partial charge is 0.350 e. The monoisotopic (exact) mass is 322 g/mol. The van der Waals surface area contributed by atoms with Crippen molar-refractivity contribution in [2.45, 2.75) is 20.3 Å². The van der Waals surface area contributed by atoms with Crippen LogP contribution < -0.4 is 10.6 Å². The minimum absolute atomic E-state index is 0.255. The number of benzene rings is 2. The fourth-order valence-corrected chi connectivity index (χ4v) is 2.31. The van der Waals surface area contributed by atoms with E-state index in [0.717, 1.165) is 23.1 Å². The van der Waals surface area contributed by atoms with Crippen LogP contribution in [0.1, 0.15) is 23.6 Å². The smallest absolute Gasteiger partial charge is 0.267 e. The lowest BCUT2D eigenvalue weighted by Gasteiger charge is -2.10. The van der Waals surface area contributed by atoms with Gasteiger partial charge in [0, 0.05) is 13.5 Å². The molecular weight excluding hydrogens is 300 g/mol. The molecule has 2 N–H and O–H groups in total. The molecule has 124 valence electrons. The van der Waals surface area contributed by atoms with Gasteiger partial charge in [-0.25, -0.2) is 0 Å². The number of aryl methyl sites for hydroxylation is 1. The average molecular weight is 322 g/mol. The zero-order valence-corrected chi connectivity index (χ0v) is 14.0. The Hall–Kier alpha value is -2.88. The summed E-state index contributed by atoms with van der Waals surface area (Å²) in [5.41, 5.74) is 3.35. The molecule has 0 aliphatic rings. The fourth-order valence-electron chi connectivity index (χ4n) is 2.31. The molecule has 0 aromatic heterocycles. The third-order valence-electron chi connectivity index (χ3n) is 3.59. The molecule has 0 aliphatic heterocycles. The van der Waals surface area contributed by atoms with Crippen LogP contribution >= 0.6 is 0 Å². The van der Waals surface area contributed by atoms with Crippen molar-refractivity contribution in [2.75, 3.05) is 6.54 Å². The number of carbonyl (C=O) groups is 2. The third kappa shape index (κ3) is 5.39. The van der Waals surface area contributed by atoms with Gasteiger partial charge in [-0.15, -0.1) is 0 Å². The molecule has 4 nitrogen and oxygen atoms in total. The fraction of sp³-hybridized carbons (Fsp3) is 0.200. The molecule has 0 unspecified atom stereocenters. The first-order valence-electron chi connectivity index (χ1n) is 7.93. The van der Waals surface area contributed by atoms with E-state index >= 15 is 0 Å². The van der Waals surface area contributed by atoms with E-state index in [0.29, 0.717) is 6.54 Å². The summed E-state index contributed by atoms with van der Waals surface area (Å²) in [6.45, 7) is 3.86. The van der Waals surface area contributed by atoms with Crippen LogP contribution in [0.3, 0.4) is 0 Å². The van der Waals surface area contributed by atoms with Crippen LogP contribution in [-0.2, 0) is 16.0 Å². The molecule has 0 aliphatic carbocycles. The summed E-state index contributed by atoms with van der Waals surface area (Å²) in [5, 5.41) is 5.47. The van der Waals surface area contributed by atoms with Gasteiger partial charge in [-0.05, 0) is 36.1 Å².